The van der Waals surface area contributed by atoms with E-state index in [9.17, 15) is 24.3 Å². The number of anilines is 1. The second-order valence-corrected chi connectivity index (χ2v) is 15.4. The van der Waals surface area contributed by atoms with Gasteiger partial charge in [0.05, 0.1) is 40.4 Å². The molecule has 0 unspecified atom stereocenters. The number of likely N-dealkylation sites (N-methyl/N-ethyl adjacent to an activating group) is 1. The number of H-pyrrole nitrogens is 1. The number of hydrogen-bond acceptors (Lipinski definition) is 12. The molecule has 13 heteroatoms. The highest BCUT2D eigenvalue weighted by atomic mass is 16.6. The first kappa shape index (κ1) is 36.1. The molecule has 8 rings (SSSR count). The molecule has 1 aromatic heterocycles. The number of rotatable bonds is 7. The van der Waals surface area contributed by atoms with Gasteiger partial charge in [0, 0.05) is 71.3 Å². The predicted molar refractivity (Wildman–Crippen MR) is 196 cm³/mol. The smallest absolute Gasteiger partial charge is 0.344 e. The van der Waals surface area contributed by atoms with Crippen LogP contribution in [0.5, 0.6) is 5.75 Å². The summed E-state index contributed by atoms with van der Waals surface area (Å²) in [5.74, 6) is -3.48. The van der Waals surface area contributed by atoms with E-state index in [1.165, 1.54) is 35.4 Å². The number of carbonyl (C=O) groups excluding carboxylic acids is 4. The number of aromatic nitrogens is 1. The van der Waals surface area contributed by atoms with Crippen LogP contribution in [0.25, 0.3) is 10.9 Å². The van der Waals surface area contributed by atoms with Gasteiger partial charge in [-0.05, 0) is 55.5 Å². The van der Waals surface area contributed by atoms with Crippen molar-refractivity contribution in [1.82, 2.24) is 9.88 Å². The number of carbonyl (C=O) groups is 4. The van der Waals surface area contributed by atoms with Gasteiger partial charge in [0.1, 0.15) is 11.2 Å². The zero-order valence-corrected chi connectivity index (χ0v) is 31.7. The fourth-order valence-electron chi connectivity index (χ4n) is 11.8. The first-order valence-corrected chi connectivity index (χ1v) is 18.5. The van der Waals surface area contributed by atoms with Gasteiger partial charge < -0.3 is 38.7 Å². The summed E-state index contributed by atoms with van der Waals surface area (Å²) in [5.41, 5.74) is -2.02. The van der Waals surface area contributed by atoms with E-state index in [-0.39, 0.29) is 12.5 Å². The molecule has 2 aliphatic carbocycles. The number of para-hydroxylation sites is 1. The lowest BCUT2D eigenvalue weighted by Gasteiger charge is -2.63. The van der Waals surface area contributed by atoms with Gasteiger partial charge in [0.25, 0.3) is 0 Å². The third-order valence-electron chi connectivity index (χ3n) is 13.6. The van der Waals surface area contributed by atoms with Crippen molar-refractivity contribution in [3.63, 3.8) is 0 Å². The molecule has 4 heterocycles. The zero-order chi connectivity index (χ0) is 38.5. The molecule has 3 aliphatic heterocycles. The van der Waals surface area contributed by atoms with Crippen LogP contribution in [-0.2, 0) is 55.4 Å². The summed E-state index contributed by atoms with van der Waals surface area (Å²) in [5, 5.41) is 14.1. The highest BCUT2D eigenvalue weighted by Gasteiger charge is 2.80. The molecular weight excluding hydrogens is 694 g/mol. The zero-order valence-electron chi connectivity index (χ0n) is 31.7. The van der Waals surface area contributed by atoms with Crippen LogP contribution in [0.1, 0.15) is 55.5 Å². The van der Waals surface area contributed by atoms with Crippen LogP contribution >= 0.6 is 0 Å². The van der Waals surface area contributed by atoms with E-state index >= 15 is 0 Å². The van der Waals surface area contributed by atoms with Gasteiger partial charge in [0.15, 0.2) is 6.10 Å². The largest absolute Gasteiger partial charge is 0.496 e. The first-order valence-electron chi connectivity index (χ1n) is 18.5. The Kier molecular flexibility index (Phi) is 8.24. The molecule has 0 bridgehead atoms. The summed E-state index contributed by atoms with van der Waals surface area (Å²) in [6, 6.07) is 10.2. The molecule has 3 aromatic rings. The first-order chi connectivity index (χ1) is 25.9. The van der Waals surface area contributed by atoms with E-state index in [2.05, 4.69) is 9.88 Å². The van der Waals surface area contributed by atoms with Crippen molar-refractivity contribution < 1.29 is 48.0 Å². The number of aliphatic hydroxyl groups is 1. The van der Waals surface area contributed by atoms with Crippen molar-refractivity contribution in [2.45, 2.75) is 74.1 Å². The second kappa shape index (κ2) is 12.3. The highest BCUT2D eigenvalue weighted by molar-refractivity contribution is 5.99. The number of esters is 4. The lowest BCUT2D eigenvalue weighted by Crippen LogP contribution is -2.81. The number of benzene rings is 2. The van der Waals surface area contributed by atoms with E-state index < -0.39 is 63.8 Å². The van der Waals surface area contributed by atoms with Crippen molar-refractivity contribution in [2.24, 2.45) is 11.3 Å². The molecular formula is C41H47N3O10. The van der Waals surface area contributed by atoms with E-state index in [1.54, 1.807) is 7.05 Å². The fraction of sp³-hybridized carbons (Fsp3) is 0.512. The number of nitrogens with one attached hydrogen (secondary N) is 1. The Hall–Kier alpha value is -4.88. The molecule has 8 atom stereocenters. The van der Waals surface area contributed by atoms with Crippen molar-refractivity contribution in [3.05, 3.63) is 70.9 Å². The molecule has 2 fully saturated rings. The number of methoxy groups -OCH3 is 4. The monoisotopic (exact) mass is 741 g/mol. The Morgan fingerprint density at radius 1 is 0.981 bits per heavy atom. The van der Waals surface area contributed by atoms with Crippen LogP contribution < -0.4 is 9.64 Å². The molecule has 1 spiro atoms. The van der Waals surface area contributed by atoms with Gasteiger partial charge in [-0.2, -0.15) is 0 Å². The van der Waals surface area contributed by atoms with Gasteiger partial charge in [-0.1, -0.05) is 37.3 Å². The molecule has 2 N–H and O–H groups in total. The number of hydrogen-bond donors (Lipinski definition) is 2. The number of aromatic amines is 1. The number of nitrogens with zero attached hydrogens (tertiary/aromatic N) is 2. The third-order valence-corrected chi connectivity index (χ3v) is 13.6. The summed E-state index contributed by atoms with van der Waals surface area (Å²) in [4.78, 5) is 63.7. The number of aryl methyl sites for hydroxylation is 1. The third kappa shape index (κ3) is 4.17. The summed E-state index contributed by atoms with van der Waals surface area (Å²) < 4.78 is 28.7. The van der Waals surface area contributed by atoms with E-state index in [0.717, 1.165) is 22.0 Å². The van der Waals surface area contributed by atoms with Crippen LogP contribution in [0.15, 0.2) is 48.6 Å². The summed E-state index contributed by atoms with van der Waals surface area (Å²) in [6.45, 7) is 4.48. The van der Waals surface area contributed by atoms with Gasteiger partial charge in [-0.15, -0.1) is 0 Å². The molecule has 0 amide bonds. The van der Waals surface area contributed by atoms with Crippen LogP contribution in [0, 0.1) is 11.3 Å². The number of ether oxygens (including phenoxy) is 5. The Morgan fingerprint density at radius 3 is 2.39 bits per heavy atom. The van der Waals surface area contributed by atoms with E-state index in [1.807, 2.05) is 60.4 Å². The SMILES string of the molecule is CC[C@]12C=CCN3CC[C@@]4(c5cc([C@]6(C(=O)OC)c7[nH]c8ccccc8c7CC[C@H]6C(=O)OC)c(OC)cc5N(C)[C@H]4[C@@](O)(C(=O)OC)[C@@H]1OC(C)=O)[C@@H]32. The maximum atomic E-state index is 14.9. The van der Waals surface area contributed by atoms with Crippen molar-refractivity contribution >= 4 is 40.5 Å². The summed E-state index contributed by atoms with van der Waals surface area (Å²) >= 11 is 0. The Balaban J connectivity index is 1.49. The lowest BCUT2D eigenvalue weighted by atomic mass is 9.47. The highest BCUT2D eigenvalue weighted by Crippen LogP contribution is 2.68. The van der Waals surface area contributed by atoms with Crippen LogP contribution in [0.3, 0.4) is 0 Å². The van der Waals surface area contributed by atoms with Crippen LogP contribution in [-0.4, -0.2) is 111 Å². The minimum Gasteiger partial charge on any atom is -0.496 e. The van der Waals surface area contributed by atoms with Crippen molar-refractivity contribution in [2.75, 3.05) is 53.5 Å². The second-order valence-electron chi connectivity index (χ2n) is 15.4. The van der Waals surface area contributed by atoms with Crippen LogP contribution in [0.2, 0.25) is 0 Å². The molecule has 1 saturated carbocycles. The molecule has 2 aromatic carbocycles. The normalized spacial score (nSPS) is 33.3. The minimum atomic E-state index is -2.34. The lowest BCUT2D eigenvalue weighted by molar-refractivity contribution is -0.228. The molecule has 54 heavy (non-hydrogen) atoms. The van der Waals surface area contributed by atoms with E-state index in [0.29, 0.717) is 55.0 Å². The average Bonchev–Trinajstić information content (AvgIpc) is 3.84. The molecule has 0 radical (unpaired) electrons. The van der Waals surface area contributed by atoms with Gasteiger partial charge in [-0.3, -0.25) is 19.3 Å². The minimum absolute atomic E-state index is 0.289. The maximum Gasteiger partial charge on any atom is 0.344 e. The topological polar surface area (TPSA) is 157 Å². The molecule has 1 saturated heterocycles. The van der Waals surface area contributed by atoms with E-state index in [4.69, 9.17) is 23.7 Å². The Bertz CT molecular complexity index is 2130. The predicted octanol–water partition coefficient (Wildman–Crippen LogP) is 3.32. The summed E-state index contributed by atoms with van der Waals surface area (Å²) in [6.07, 6.45) is 4.46. The summed E-state index contributed by atoms with van der Waals surface area (Å²) in [7, 11) is 7.15. The molecule has 13 nitrogen and oxygen atoms in total. The molecule has 286 valence electrons. The van der Waals surface area contributed by atoms with Crippen LogP contribution in [0.4, 0.5) is 5.69 Å². The maximum absolute atomic E-state index is 14.9. The Morgan fingerprint density at radius 2 is 1.72 bits per heavy atom. The van der Waals surface area contributed by atoms with Gasteiger partial charge in [0.2, 0.25) is 5.60 Å². The fourth-order valence-corrected chi connectivity index (χ4v) is 11.8. The van der Waals surface area contributed by atoms with Crippen molar-refractivity contribution in [3.8, 4) is 5.75 Å². The standard InChI is InChI=1S/C41H47N3O10/c1-8-38-16-11-18-44-19-17-39(33(38)44)26-20-27(30(50-4)21-29(26)43(3)34(39)41(49,37(48)53-7)35(38)54-22(2)45)40(36(47)52-6)25(32(46)51-5)15-14-24-23-12-9-10-13-28(23)42-31(24)40/h9-13,16,20-21,25,33-35,42,49H,8,14-15,17-19H2,1-7H3/t25-,33-,34+,35+,38+,39+,40-,41-/m0/s1. The Labute approximate surface area is 313 Å². The van der Waals surface area contributed by atoms with Gasteiger partial charge in [-0.25, -0.2) is 4.79 Å². The average molecular weight is 742 g/mol. The number of fused-ring (bicyclic) bond motifs is 4. The molecule has 5 aliphatic rings. The van der Waals surface area contributed by atoms with Gasteiger partial charge >= 0.3 is 23.9 Å². The van der Waals surface area contributed by atoms with Crippen molar-refractivity contribution in [1.29, 1.82) is 0 Å². The quantitative estimate of drug-likeness (QED) is 0.207.